The molecule has 1 aromatic carbocycles. The first kappa shape index (κ1) is 12.1. The van der Waals surface area contributed by atoms with E-state index in [9.17, 15) is 4.79 Å². The van der Waals surface area contributed by atoms with Crippen molar-refractivity contribution in [3.05, 3.63) is 34.9 Å². The Morgan fingerprint density at radius 2 is 2.00 bits per heavy atom. The number of rotatable bonds is 4. The van der Waals surface area contributed by atoms with Crippen LogP contribution in [0.3, 0.4) is 0 Å². The zero-order valence-corrected chi connectivity index (χ0v) is 9.73. The number of benzene rings is 1. The summed E-state index contributed by atoms with van der Waals surface area (Å²) in [4.78, 5) is 10.6. The largest absolute Gasteiger partial charge is 0.481 e. The van der Waals surface area contributed by atoms with Crippen LogP contribution in [0, 0.1) is 0 Å². The van der Waals surface area contributed by atoms with E-state index in [4.69, 9.17) is 16.6 Å². The van der Waals surface area contributed by atoms with Crippen molar-refractivity contribution in [3.63, 3.8) is 0 Å². The standard InChI is InChI=1S/C13H18N2O2/c14-11(7-12(16)17)13(15)10-5-4-8-2-1-3-9(8)6-10/h4-6,11,13H,1-3,7,14-15H2,(H,16,17). The molecule has 2 rings (SSSR count). The van der Waals surface area contributed by atoms with Gasteiger partial charge in [0, 0.05) is 12.1 Å². The number of nitrogens with two attached hydrogens (primary N) is 2. The van der Waals surface area contributed by atoms with E-state index in [2.05, 4.69) is 12.1 Å². The van der Waals surface area contributed by atoms with Gasteiger partial charge in [-0.15, -0.1) is 0 Å². The van der Waals surface area contributed by atoms with Crippen LogP contribution in [0.1, 0.15) is 35.6 Å². The predicted octanol–water partition coefficient (Wildman–Crippen LogP) is 0.977. The molecule has 1 aromatic rings. The SMILES string of the molecule is NC(CC(=O)O)C(N)c1ccc2c(c1)CCC2. The van der Waals surface area contributed by atoms with Gasteiger partial charge in [0.15, 0.2) is 0 Å². The summed E-state index contributed by atoms with van der Waals surface area (Å²) in [6.07, 6.45) is 3.31. The van der Waals surface area contributed by atoms with Crippen molar-refractivity contribution in [1.29, 1.82) is 0 Å². The summed E-state index contributed by atoms with van der Waals surface area (Å²) in [6, 6.07) is 5.19. The Hall–Kier alpha value is -1.39. The zero-order chi connectivity index (χ0) is 12.4. The molecule has 2 atom stereocenters. The van der Waals surface area contributed by atoms with Gasteiger partial charge < -0.3 is 16.6 Å². The molecule has 0 fully saturated rings. The molecule has 0 saturated carbocycles. The minimum Gasteiger partial charge on any atom is -0.481 e. The molecule has 0 heterocycles. The fourth-order valence-electron chi connectivity index (χ4n) is 2.37. The molecule has 0 radical (unpaired) electrons. The lowest BCUT2D eigenvalue weighted by Crippen LogP contribution is -2.36. The van der Waals surface area contributed by atoms with Crippen LogP contribution >= 0.6 is 0 Å². The number of carboxylic acid groups (broad SMARTS) is 1. The van der Waals surface area contributed by atoms with E-state index in [1.54, 1.807) is 0 Å². The molecule has 4 heteroatoms. The van der Waals surface area contributed by atoms with E-state index >= 15 is 0 Å². The first-order valence-electron chi connectivity index (χ1n) is 5.92. The summed E-state index contributed by atoms with van der Waals surface area (Å²) in [7, 11) is 0. The number of aliphatic carboxylic acids is 1. The fraction of sp³-hybridized carbons (Fsp3) is 0.462. The molecule has 1 aliphatic rings. The lowest BCUT2D eigenvalue weighted by atomic mass is 9.95. The minimum atomic E-state index is -0.908. The van der Waals surface area contributed by atoms with Gasteiger partial charge in [-0.1, -0.05) is 18.2 Å². The van der Waals surface area contributed by atoms with E-state index in [1.807, 2.05) is 6.07 Å². The highest BCUT2D eigenvalue weighted by Gasteiger charge is 2.20. The van der Waals surface area contributed by atoms with Crippen molar-refractivity contribution in [1.82, 2.24) is 0 Å². The summed E-state index contributed by atoms with van der Waals surface area (Å²) in [5, 5.41) is 8.70. The van der Waals surface area contributed by atoms with Crippen molar-refractivity contribution in [2.24, 2.45) is 11.5 Å². The normalized spacial score (nSPS) is 17.5. The number of hydrogen-bond acceptors (Lipinski definition) is 3. The second kappa shape index (κ2) is 4.85. The second-order valence-corrected chi connectivity index (χ2v) is 4.67. The number of carboxylic acids is 1. The van der Waals surface area contributed by atoms with Crippen molar-refractivity contribution < 1.29 is 9.90 Å². The van der Waals surface area contributed by atoms with Crippen LogP contribution in [0.25, 0.3) is 0 Å². The van der Waals surface area contributed by atoms with Gasteiger partial charge >= 0.3 is 5.97 Å². The number of fused-ring (bicyclic) bond motifs is 1. The molecule has 0 spiro atoms. The van der Waals surface area contributed by atoms with Gasteiger partial charge in [-0.25, -0.2) is 0 Å². The van der Waals surface area contributed by atoms with E-state index in [0.717, 1.165) is 18.4 Å². The molecule has 0 amide bonds. The molecule has 0 aliphatic heterocycles. The highest BCUT2D eigenvalue weighted by Crippen LogP contribution is 2.25. The van der Waals surface area contributed by atoms with Crippen molar-refractivity contribution in [3.8, 4) is 0 Å². The average Bonchev–Trinajstić information content (AvgIpc) is 2.73. The molecule has 5 N–H and O–H groups in total. The summed E-state index contributed by atoms with van der Waals surface area (Å²) in [5.41, 5.74) is 15.4. The van der Waals surface area contributed by atoms with Crippen LogP contribution < -0.4 is 11.5 Å². The van der Waals surface area contributed by atoms with Crippen molar-refractivity contribution in [2.75, 3.05) is 0 Å². The minimum absolute atomic E-state index is 0.0990. The van der Waals surface area contributed by atoms with Gasteiger partial charge in [-0.2, -0.15) is 0 Å². The van der Waals surface area contributed by atoms with E-state index in [0.29, 0.717) is 0 Å². The van der Waals surface area contributed by atoms with Gasteiger partial charge in [0.1, 0.15) is 0 Å². The van der Waals surface area contributed by atoms with Crippen LogP contribution in [0.5, 0.6) is 0 Å². The highest BCUT2D eigenvalue weighted by molar-refractivity contribution is 5.67. The Bertz CT molecular complexity index is 431. The van der Waals surface area contributed by atoms with E-state index in [1.165, 1.54) is 17.5 Å². The molecule has 4 nitrogen and oxygen atoms in total. The van der Waals surface area contributed by atoms with Gasteiger partial charge in [-0.05, 0) is 36.0 Å². The Balaban J connectivity index is 2.14. The molecule has 1 aliphatic carbocycles. The average molecular weight is 234 g/mol. The van der Waals surface area contributed by atoms with Gasteiger partial charge in [0.2, 0.25) is 0 Å². The maximum absolute atomic E-state index is 10.6. The lowest BCUT2D eigenvalue weighted by Gasteiger charge is -2.19. The molecule has 0 saturated heterocycles. The molecular formula is C13H18N2O2. The summed E-state index contributed by atoms with van der Waals surface area (Å²) in [6.45, 7) is 0. The van der Waals surface area contributed by atoms with Crippen LogP contribution in [0.4, 0.5) is 0 Å². The third-order valence-corrected chi connectivity index (χ3v) is 3.38. The van der Waals surface area contributed by atoms with Crippen LogP contribution in [-0.4, -0.2) is 17.1 Å². The maximum atomic E-state index is 10.6. The highest BCUT2D eigenvalue weighted by atomic mass is 16.4. The zero-order valence-electron chi connectivity index (χ0n) is 9.73. The molecule has 2 unspecified atom stereocenters. The summed E-state index contributed by atoms with van der Waals surface area (Å²) in [5.74, 6) is -0.908. The molecular weight excluding hydrogens is 216 g/mol. The van der Waals surface area contributed by atoms with Crippen molar-refractivity contribution >= 4 is 5.97 Å². The summed E-state index contributed by atoms with van der Waals surface area (Å²) < 4.78 is 0. The van der Waals surface area contributed by atoms with Crippen LogP contribution in [0.2, 0.25) is 0 Å². The second-order valence-electron chi connectivity index (χ2n) is 4.67. The number of carbonyl (C=O) groups is 1. The molecule has 92 valence electrons. The Kier molecular flexibility index (Phi) is 3.45. The fourth-order valence-corrected chi connectivity index (χ4v) is 2.37. The monoisotopic (exact) mass is 234 g/mol. The third-order valence-electron chi connectivity index (χ3n) is 3.38. The van der Waals surface area contributed by atoms with Gasteiger partial charge in [0.25, 0.3) is 0 Å². The Labute approximate surface area is 101 Å². The molecule has 0 aromatic heterocycles. The first-order valence-corrected chi connectivity index (χ1v) is 5.92. The van der Waals surface area contributed by atoms with Crippen molar-refractivity contribution in [2.45, 2.75) is 37.8 Å². The summed E-state index contributed by atoms with van der Waals surface area (Å²) >= 11 is 0. The maximum Gasteiger partial charge on any atom is 0.304 e. The predicted molar refractivity (Wildman–Crippen MR) is 65.6 cm³/mol. The number of hydrogen-bond donors (Lipinski definition) is 3. The van der Waals surface area contributed by atoms with Crippen LogP contribution in [0.15, 0.2) is 18.2 Å². The molecule has 17 heavy (non-hydrogen) atoms. The third kappa shape index (κ3) is 2.65. The van der Waals surface area contributed by atoms with E-state index < -0.39 is 18.1 Å². The quantitative estimate of drug-likeness (QED) is 0.724. The Morgan fingerprint density at radius 1 is 1.29 bits per heavy atom. The number of aryl methyl sites for hydroxylation is 2. The topological polar surface area (TPSA) is 89.3 Å². The van der Waals surface area contributed by atoms with Crippen LogP contribution in [-0.2, 0) is 17.6 Å². The lowest BCUT2D eigenvalue weighted by molar-refractivity contribution is -0.137. The molecule has 0 bridgehead atoms. The van der Waals surface area contributed by atoms with Gasteiger partial charge in [-0.3, -0.25) is 4.79 Å². The Morgan fingerprint density at radius 3 is 2.71 bits per heavy atom. The first-order chi connectivity index (χ1) is 8.08. The smallest absolute Gasteiger partial charge is 0.304 e. The van der Waals surface area contributed by atoms with E-state index in [-0.39, 0.29) is 6.42 Å². The van der Waals surface area contributed by atoms with Gasteiger partial charge in [0.05, 0.1) is 6.42 Å².